The van der Waals surface area contributed by atoms with Gasteiger partial charge in [-0.3, -0.25) is 0 Å². The maximum absolute atomic E-state index is 5.74. The monoisotopic (exact) mass is 291 g/mol. The number of hydrogen-bond donors (Lipinski definition) is 1. The number of rotatable bonds is 5. The molecular formula is C17H29N3O. The summed E-state index contributed by atoms with van der Waals surface area (Å²) in [7, 11) is 0. The van der Waals surface area contributed by atoms with Gasteiger partial charge in [0.25, 0.3) is 0 Å². The largest absolute Gasteiger partial charge is 0.339 e. The first kappa shape index (κ1) is 15.0. The summed E-state index contributed by atoms with van der Waals surface area (Å²) in [6, 6.07) is 0. The smallest absolute Gasteiger partial charge is 0.234 e. The maximum atomic E-state index is 5.74. The van der Waals surface area contributed by atoms with E-state index in [1.807, 2.05) is 0 Å². The van der Waals surface area contributed by atoms with Crippen molar-refractivity contribution in [3.63, 3.8) is 0 Å². The fourth-order valence-electron chi connectivity index (χ4n) is 4.25. The van der Waals surface area contributed by atoms with Crippen LogP contribution in [0.4, 0.5) is 0 Å². The van der Waals surface area contributed by atoms with E-state index in [1.54, 1.807) is 0 Å². The minimum atomic E-state index is 0.0843. The van der Waals surface area contributed by atoms with Crippen LogP contribution in [0.25, 0.3) is 0 Å². The van der Waals surface area contributed by atoms with Crippen LogP contribution in [-0.4, -0.2) is 23.2 Å². The summed E-state index contributed by atoms with van der Waals surface area (Å²) >= 11 is 0. The van der Waals surface area contributed by atoms with Crippen LogP contribution >= 0.6 is 0 Å². The van der Waals surface area contributed by atoms with E-state index >= 15 is 0 Å². The molecule has 1 saturated heterocycles. The van der Waals surface area contributed by atoms with Crippen molar-refractivity contribution < 1.29 is 4.52 Å². The Kier molecular flexibility index (Phi) is 4.63. The molecule has 118 valence electrons. The molecule has 1 aliphatic carbocycles. The Hall–Kier alpha value is -0.900. The molecule has 0 aromatic carbocycles. The van der Waals surface area contributed by atoms with Gasteiger partial charge < -0.3 is 9.84 Å². The second kappa shape index (κ2) is 6.47. The summed E-state index contributed by atoms with van der Waals surface area (Å²) in [6.07, 6.45) is 9.78. The second-order valence-corrected chi connectivity index (χ2v) is 7.05. The van der Waals surface area contributed by atoms with Gasteiger partial charge in [0.05, 0.1) is 5.41 Å². The van der Waals surface area contributed by atoms with Crippen molar-refractivity contribution >= 4 is 0 Å². The third kappa shape index (κ3) is 3.01. The average molecular weight is 291 g/mol. The maximum Gasteiger partial charge on any atom is 0.234 e. The summed E-state index contributed by atoms with van der Waals surface area (Å²) < 4.78 is 5.74. The Labute approximate surface area is 128 Å². The third-order valence-electron chi connectivity index (χ3n) is 5.58. The zero-order chi connectivity index (χ0) is 14.7. The Bertz CT molecular complexity index is 445. The standard InChI is InChI=1S/C17H29N3O/c1-3-8-17(9-5-10-18-12-17)16-19-15(20-21-16)14-7-6-13(4-2)11-14/h13-14,18H,3-12H2,1-2H3. The summed E-state index contributed by atoms with van der Waals surface area (Å²) in [4.78, 5) is 4.86. The van der Waals surface area contributed by atoms with Crippen LogP contribution < -0.4 is 5.32 Å². The average Bonchev–Trinajstić information content (AvgIpc) is 3.17. The molecule has 3 unspecified atom stereocenters. The van der Waals surface area contributed by atoms with Crippen molar-refractivity contribution in [1.82, 2.24) is 15.5 Å². The van der Waals surface area contributed by atoms with E-state index in [0.29, 0.717) is 5.92 Å². The summed E-state index contributed by atoms with van der Waals surface area (Å²) in [5, 5.41) is 7.88. The number of nitrogens with one attached hydrogen (secondary N) is 1. The van der Waals surface area contributed by atoms with Crippen LogP contribution in [0, 0.1) is 5.92 Å². The van der Waals surface area contributed by atoms with Crippen LogP contribution in [0.15, 0.2) is 4.52 Å². The number of nitrogens with zero attached hydrogens (tertiary/aromatic N) is 2. The van der Waals surface area contributed by atoms with E-state index in [1.165, 1.54) is 44.9 Å². The minimum absolute atomic E-state index is 0.0843. The van der Waals surface area contributed by atoms with E-state index in [-0.39, 0.29) is 5.41 Å². The van der Waals surface area contributed by atoms with Gasteiger partial charge >= 0.3 is 0 Å². The van der Waals surface area contributed by atoms with Crippen molar-refractivity contribution in [1.29, 1.82) is 0 Å². The highest BCUT2D eigenvalue weighted by molar-refractivity contribution is 5.10. The van der Waals surface area contributed by atoms with E-state index in [9.17, 15) is 0 Å². The minimum Gasteiger partial charge on any atom is -0.339 e. The Balaban J connectivity index is 1.76. The lowest BCUT2D eigenvalue weighted by molar-refractivity contribution is 0.212. The highest BCUT2D eigenvalue weighted by Gasteiger charge is 2.39. The Morgan fingerprint density at radius 1 is 1.33 bits per heavy atom. The van der Waals surface area contributed by atoms with Gasteiger partial charge in [0, 0.05) is 12.5 Å². The molecule has 1 aliphatic heterocycles. The number of aromatic nitrogens is 2. The zero-order valence-electron chi connectivity index (χ0n) is 13.5. The summed E-state index contributed by atoms with van der Waals surface area (Å²) in [6.45, 7) is 6.65. The molecule has 2 fully saturated rings. The molecule has 0 spiro atoms. The molecule has 1 aromatic heterocycles. The van der Waals surface area contributed by atoms with Gasteiger partial charge in [-0.2, -0.15) is 4.98 Å². The molecule has 0 amide bonds. The third-order valence-corrected chi connectivity index (χ3v) is 5.58. The molecule has 2 heterocycles. The van der Waals surface area contributed by atoms with Crippen LogP contribution in [0.1, 0.15) is 82.8 Å². The first-order chi connectivity index (χ1) is 10.3. The second-order valence-electron chi connectivity index (χ2n) is 7.05. The van der Waals surface area contributed by atoms with Gasteiger partial charge in [-0.15, -0.1) is 0 Å². The number of piperidine rings is 1. The van der Waals surface area contributed by atoms with E-state index in [0.717, 1.165) is 37.1 Å². The van der Waals surface area contributed by atoms with Crippen molar-refractivity contribution in [3.05, 3.63) is 11.7 Å². The fraction of sp³-hybridized carbons (Fsp3) is 0.882. The molecule has 4 heteroatoms. The highest BCUT2D eigenvalue weighted by Crippen LogP contribution is 2.40. The fourth-order valence-corrected chi connectivity index (χ4v) is 4.25. The molecule has 1 N–H and O–H groups in total. The van der Waals surface area contributed by atoms with Gasteiger partial charge in [-0.25, -0.2) is 0 Å². The molecule has 21 heavy (non-hydrogen) atoms. The van der Waals surface area contributed by atoms with E-state index in [2.05, 4.69) is 24.3 Å². The molecular weight excluding hydrogens is 262 g/mol. The first-order valence-electron chi connectivity index (χ1n) is 8.82. The lowest BCUT2D eigenvalue weighted by atomic mass is 9.77. The van der Waals surface area contributed by atoms with Crippen LogP contribution in [0.5, 0.6) is 0 Å². The number of hydrogen-bond acceptors (Lipinski definition) is 4. The molecule has 3 atom stereocenters. The predicted molar refractivity (Wildman–Crippen MR) is 83.4 cm³/mol. The zero-order valence-corrected chi connectivity index (χ0v) is 13.5. The van der Waals surface area contributed by atoms with Crippen molar-refractivity contribution in [2.75, 3.05) is 13.1 Å². The molecule has 0 bridgehead atoms. The molecule has 1 saturated carbocycles. The van der Waals surface area contributed by atoms with Crippen LogP contribution in [0.2, 0.25) is 0 Å². The van der Waals surface area contributed by atoms with Crippen LogP contribution in [-0.2, 0) is 5.41 Å². The topological polar surface area (TPSA) is 51.0 Å². The lowest BCUT2D eigenvalue weighted by Gasteiger charge is -2.34. The Morgan fingerprint density at radius 2 is 2.24 bits per heavy atom. The summed E-state index contributed by atoms with van der Waals surface area (Å²) in [5.41, 5.74) is 0.0843. The van der Waals surface area contributed by atoms with Gasteiger partial charge in [0.15, 0.2) is 5.82 Å². The van der Waals surface area contributed by atoms with Gasteiger partial charge in [0.1, 0.15) is 0 Å². The Morgan fingerprint density at radius 3 is 2.90 bits per heavy atom. The van der Waals surface area contributed by atoms with E-state index in [4.69, 9.17) is 9.51 Å². The van der Waals surface area contributed by atoms with Crippen molar-refractivity contribution in [2.24, 2.45) is 5.92 Å². The quantitative estimate of drug-likeness (QED) is 0.897. The molecule has 1 aromatic rings. The molecule has 2 aliphatic rings. The normalized spacial score (nSPS) is 33.4. The van der Waals surface area contributed by atoms with Crippen molar-refractivity contribution in [3.8, 4) is 0 Å². The predicted octanol–water partition coefficient (Wildman–Crippen LogP) is 3.78. The van der Waals surface area contributed by atoms with Gasteiger partial charge in [-0.05, 0) is 51.0 Å². The van der Waals surface area contributed by atoms with Crippen molar-refractivity contribution in [2.45, 2.75) is 76.5 Å². The molecule has 0 radical (unpaired) electrons. The van der Waals surface area contributed by atoms with E-state index < -0.39 is 0 Å². The summed E-state index contributed by atoms with van der Waals surface area (Å²) in [5.74, 6) is 3.26. The highest BCUT2D eigenvalue weighted by atomic mass is 16.5. The first-order valence-corrected chi connectivity index (χ1v) is 8.82. The molecule has 4 nitrogen and oxygen atoms in total. The van der Waals surface area contributed by atoms with Gasteiger partial charge in [0.2, 0.25) is 5.89 Å². The SMILES string of the molecule is CCCC1(c2nc(C3CCC(CC)C3)no2)CCCNC1. The lowest BCUT2D eigenvalue weighted by Crippen LogP contribution is -2.43. The van der Waals surface area contributed by atoms with Gasteiger partial charge in [-0.1, -0.05) is 31.8 Å². The molecule has 3 rings (SSSR count). The van der Waals surface area contributed by atoms with Crippen LogP contribution in [0.3, 0.4) is 0 Å².